The molecule has 0 atom stereocenters. The molecule has 0 unspecified atom stereocenters. The fraction of sp³-hybridized carbons (Fsp3) is 0.188. The molecule has 104 valence electrons. The van der Waals surface area contributed by atoms with Crippen molar-refractivity contribution in [2.45, 2.75) is 13.5 Å². The number of halogens is 1. The lowest BCUT2D eigenvalue weighted by Gasteiger charge is -2.18. The third kappa shape index (κ3) is 3.15. The van der Waals surface area contributed by atoms with E-state index in [4.69, 9.17) is 5.73 Å². The van der Waals surface area contributed by atoms with Gasteiger partial charge in [-0.25, -0.2) is 4.39 Å². The zero-order chi connectivity index (χ0) is 14.7. The fourth-order valence-electron chi connectivity index (χ4n) is 2.08. The number of hydrogen-bond acceptors (Lipinski definition) is 2. The first-order valence-corrected chi connectivity index (χ1v) is 6.33. The Bertz CT molecular complexity index is 640. The van der Waals surface area contributed by atoms with E-state index < -0.39 is 5.82 Å². The molecule has 2 rings (SSSR count). The summed E-state index contributed by atoms with van der Waals surface area (Å²) in [7, 11) is 1.68. The Morgan fingerprint density at radius 3 is 2.70 bits per heavy atom. The quantitative estimate of drug-likeness (QED) is 0.873. The SMILES string of the molecule is Cc1cccc(CN(C)C(=O)c2cc(F)ccc2N)c1. The van der Waals surface area contributed by atoms with Crippen LogP contribution in [0.5, 0.6) is 0 Å². The van der Waals surface area contributed by atoms with Crippen LogP contribution in [0.25, 0.3) is 0 Å². The van der Waals surface area contributed by atoms with Crippen LogP contribution in [0.1, 0.15) is 21.5 Å². The molecule has 0 bridgehead atoms. The summed E-state index contributed by atoms with van der Waals surface area (Å²) >= 11 is 0. The Labute approximate surface area is 117 Å². The molecule has 0 aromatic heterocycles. The van der Waals surface area contributed by atoms with Gasteiger partial charge in [0.2, 0.25) is 0 Å². The number of aryl methyl sites for hydroxylation is 1. The normalized spacial score (nSPS) is 10.3. The molecule has 0 aliphatic carbocycles. The molecule has 0 saturated carbocycles. The largest absolute Gasteiger partial charge is 0.398 e. The van der Waals surface area contributed by atoms with E-state index in [1.54, 1.807) is 7.05 Å². The monoisotopic (exact) mass is 272 g/mol. The number of rotatable bonds is 3. The molecule has 2 N–H and O–H groups in total. The van der Waals surface area contributed by atoms with Gasteiger partial charge >= 0.3 is 0 Å². The van der Waals surface area contributed by atoms with Gasteiger partial charge in [0.1, 0.15) is 5.82 Å². The summed E-state index contributed by atoms with van der Waals surface area (Å²) in [6.45, 7) is 2.45. The Kier molecular flexibility index (Phi) is 4.03. The maximum absolute atomic E-state index is 13.2. The summed E-state index contributed by atoms with van der Waals surface area (Å²) in [6.07, 6.45) is 0. The summed E-state index contributed by atoms with van der Waals surface area (Å²) in [6, 6.07) is 11.7. The molecule has 0 aliphatic rings. The van der Waals surface area contributed by atoms with E-state index in [1.807, 2.05) is 31.2 Å². The van der Waals surface area contributed by atoms with Gasteiger partial charge < -0.3 is 10.6 Å². The first-order valence-electron chi connectivity index (χ1n) is 6.33. The predicted octanol–water partition coefficient (Wildman–Crippen LogP) is 2.99. The number of carbonyl (C=O) groups excluding carboxylic acids is 1. The highest BCUT2D eigenvalue weighted by atomic mass is 19.1. The van der Waals surface area contributed by atoms with E-state index in [0.717, 1.165) is 11.1 Å². The summed E-state index contributed by atoms with van der Waals surface area (Å²) in [5.41, 5.74) is 8.37. The van der Waals surface area contributed by atoms with Crippen molar-refractivity contribution in [2.75, 3.05) is 12.8 Å². The number of carbonyl (C=O) groups is 1. The lowest BCUT2D eigenvalue weighted by atomic mass is 10.1. The number of nitrogen functional groups attached to an aromatic ring is 1. The van der Waals surface area contributed by atoms with Crippen LogP contribution in [0.3, 0.4) is 0 Å². The number of benzene rings is 2. The van der Waals surface area contributed by atoms with E-state index in [0.29, 0.717) is 6.54 Å². The Balaban J connectivity index is 2.18. The van der Waals surface area contributed by atoms with Crippen LogP contribution in [0, 0.1) is 12.7 Å². The van der Waals surface area contributed by atoms with Crippen molar-refractivity contribution in [1.82, 2.24) is 4.90 Å². The summed E-state index contributed by atoms with van der Waals surface area (Å²) in [5.74, 6) is -0.755. The molecule has 0 heterocycles. The molecule has 0 aliphatic heterocycles. The average molecular weight is 272 g/mol. The standard InChI is InChI=1S/C16H17FN2O/c1-11-4-3-5-12(8-11)10-19(2)16(20)14-9-13(17)6-7-15(14)18/h3-9H,10,18H2,1-2H3. The molecule has 0 saturated heterocycles. The molecular formula is C16H17FN2O. The predicted molar refractivity (Wildman–Crippen MR) is 77.8 cm³/mol. The van der Waals surface area contributed by atoms with E-state index in [9.17, 15) is 9.18 Å². The minimum absolute atomic E-state index is 0.195. The second-order valence-electron chi connectivity index (χ2n) is 4.88. The van der Waals surface area contributed by atoms with Crippen molar-refractivity contribution in [1.29, 1.82) is 0 Å². The van der Waals surface area contributed by atoms with Crippen molar-refractivity contribution in [3.8, 4) is 0 Å². The third-order valence-electron chi connectivity index (χ3n) is 3.09. The molecule has 3 nitrogen and oxygen atoms in total. The zero-order valence-electron chi connectivity index (χ0n) is 11.6. The third-order valence-corrected chi connectivity index (χ3v) is 3.09. The maximum atomic E-state index is 13.2. The van der Waals surface area contributed by atoms with Crippen LogP contribution < -0.4 is 5.73 Å². The van der Waals surface area contributed by atoms with Gasteiger partial charge in [-0.05, 0) is 30.7 Å². The highest BCUT2D eigenvalue weighted by Crippen LogP contribution is 2.16. The smallest absolute Gasteiger partial charge is 0.256 e. The summed E-state index contributed by atoms with van der Waals surface area (Å²) in [5, 5.41) is 0. The zero-order valence-corrected chi connectivity index (χ0v) is 11.6. The summed E-state index contributed by atoms with van der Waals surface area (Å²) < 4.78 is 13.2. The molecule has 20 heavy (non-hydrogen) atoms. The Morgan fingerprint density at radius 1 is 1.25 bits per heavy atom. The Hall–Kier alpha value is -2.36. The highest BCUT2D eigenvalue weighted by Gasteiger charge is 2.15. The molecular weight excluding hydrogens is 255 g/mol. The van der Waals surface area contributed by atoms with Crippen molar-refractivity contribution in [2.24, 2.45) is 0 Å². The molecule has 0 spiro atoms. The highest BCUT2D eigenvalue weighted by molar-refractivity contribution is 5.98. The molecule has 0 fully saturated rings. The van der Waals surface area contributed by atoms with Crippen molar-refractivity contribution in [3.05, 3.63) is 65.0 Å². The number of nitrogens with two attached hydrogens (primary N) is 1. The topological polar surface area (TPSA) is 46.3 Å². The van der Waals surface area contributed by atoms with Crippen LogP contribution in [0.15, 0.2) is 42.5 Å². The lowest BCUT2D eigenvalue weighted by Crippen LogP contribution is -2.27. The fourth-order valence-corrected chi connectivity index (χ4v) is 2.08. The van der Waals surface area contributed by atoms with Crippen LogP contribution in [-0.2, 0) is 6.54 Å². The molecule has 1 amide bonds. The minimum atomic E-state index is -0.466. The van der Waals surface area contributed by atoms with Gasteiger partial charge in [-0.2, -0.15) is 0 Å². The van der Waals surface area contributed by atoms with E-state index in [-0.39, 0.29) is 17.2 Å². The second-order valence-corrected chi connectivity index (χ2v) is 4.88. The van der Waals surface area contributed by atoms with Crippen molar-refractivity contribution < 1.29 is 9.18 Å². The maximum Gasteiger partial charge on any atom is 0.256 e. The lowest BCUT2D eigenvalue weighted by molar-refractivity contribution is 0.0785. The number of amides is 1. The van der Waals surface area contributed by atoms with Gasteiger partial charge in [-0.1, -0.05) is 29.8 Å². The van der Waals surface area contributed by atoms with Crippen LogP contribution in [0.2, 0.25) is 0 Å². The average Bonchev–Trinajstić information content (AvgIpc) is 2.40. The van der Waals surface area contributed by atoms with Gasteiger partial charge in [0, 0.05) is 19.3 Å². The molecule has 4 heteroatoms. The van der Waals surface area contributed by atoms with Crippen LogP contribution in [-0.4, -0.2) is 17.9 Å². The van der Waals surface area contributed by atoms with Gasteiger partial charge in [-0.3, -0.25) is 4.79 Å². The first kappa shape index (κ1) is 14.1. The second kappa shape index (κ2) is 5.74. The molecule has 2 aromatic rings. The number of hydrogen-bond donors (Lipinski definition) is 1. The van der Waals surface area contributed by atoms with Gasteiger partial charge in [0.05, 0.1) is 5.56 Å². The number of anilines is 1. The van der Waals surface area contributed by atoms with E-state index in [1.165, 1.54) is 23.1 Å². The number of nitrogens with zero attached hydrogens (tertiary/aromatic N) is 1. The van der Waals surface area contributed by atoms with Gasteiger partial charge in [0.25, 0.3) is 5.91 Å². The van der Waals surface area contributed by atoms with Crippen LogP contribution >= 0.6 is 0 Å². The van der Waals surface area contributed by atoms with Crippen molar-refractivity contribution in [3.63, 3.8) is 0 Å². The Morgan fingerprint density at radius 2 is 2.00 bits per heavy atom. The van der Waals surface area contributed by atoms with E-state index in [2.05, 4.69) is 0 Å². The summed E-state index contributed by atoms with van der Waals surface area (Å²) in [4.78, 5) is 13.8. The van der Waals surface area contributed by atoms with Gasteiger partial charge in [0.15, 0.2) is 0 Å². The first-order chi connectivity index (χ1) is 9.47. The molecule has 2 aromatic carbocycles. The van der Waals surface area contributed by atoms with Crippen LogP contribution in [0.4, 0.5) is 10.1 Å². The minimum Gasteiger partial charge on any atom is -0.398 e. The van der Waals surface area contributed by atoms with E-state index >= 15 is 0 Å². The molecule has 0 radical (unpaired) electrons. The van der Waals surface area contributed by atoms with Gasteiger partial charge in [-0.15, -0.1) is 0 Å². The van der Waals surface area contributed by atoms with Crippen molar-refractivity contribution >= 4 is 11.6 Å².